The summed E-state index contributed by atoms with van der Waals surface area (Å²) in [6, 6.07) is 28.4. The van der Waals surface area contributed by atoms with Gasteiger partial charge in [0.25, 0.3) is 0 Å². The number of nitrogens with zero attached hydrogens (tertiary/aromatic N) is 2. The van der Waals surface area contributed by atoms with Crippen molar-refractivity contribution in [3.8, 4) is 5.75 Å². The lowest BCUT2D eigenvalue weighted by Gasteiger charge is -2.48. The molecule has 4 rings (SSSR count). The van der Waals surface area contributed by atoms with E-state index in [-0.39, 0.29) is 11.9 Å². The van der Waals surface area contributed by atoms with Gasteiger partial charge < -0.3 is 14.4 Å². The Hall–Kier alpha value is -3.15. The summed E-state index contributed by atoms with van der Waals surface area (Å²) in [5.41, 5.74) is 2.15. The molecule has 1 fully saturated rings. The van der Waals surface area contributed by atoms with E-state index in [0.717, 1.165) is 43.7 Å². The van der Waals surface area contributed by atoms with E-state index < -0.39 is 5.60 Å². The number of esters is 1. The first kappa shape index (κ1) is 25.9. The maximum absolute atomic E-state index is 13.5. The Kier molecular flexibility index (Phi) is 8.44. The Morgan fingerprint density at radius 3 is 2.31 bits per heavy atom. The van der Waals surface area contributed by atoms with Gasteiger partial charge >= 0.3 is 5.97 Å². The molecule has 190 valence electrons. The van der Waals surface area contributed by atoms with Crippen molar-refractivity contribution in [1.29, 1.82) is 0 Å². The summed E-state index contributed by atoms with van der Waals surface area (Å²) in [7, 11) is 8.06. The second kappa shape index (κ2) is 11.7. The summed E-state index contributed by atoms with van der Waals surface area (Å²) in [5.74, 6) is 0.608. The number of hydrogen-bond donors (Lipinski definition) is 0. The average Bonchev–Trinajstić information content (AvgIpc) is 2.90. The van der Waals surface area contributed by atoms with Gasteiger partial charge in [0.1, 0.15) is 11.4 Å². The molecule has 3 aromatic rings. The zero-order chi connectivity index (χ0) is 25.5. The van der Waals surface area contributed by atoms with E-state index in [1.807, 2.05) is 48.5 Å². The van der Waals surface area contributed by atoms with Crippen LogP contribution in [0.25, 0.3) is 0 Å². The number of carbonyl (C=O) groups excluding carboxylic acids is 1. The summed E-state index contributed by atoms with van der Waals surface area (Å²) in [6.45, 7) is 1.71. The molecule has 0 heterocycles. The lowest BCUT2D eigenvalue weighted by molar-refractivity contribution is -0.0964. The summed E-state index contributed by atoms with van der Waals surface area (Å²) < 4.78 is 12.1. The highest BCUT2D eigenvalue weighted by molar-refractivity contribution is 5.89. The predicted molar refractivity (Wildman–Crippen MR) is 144 cm³/mol. The fourth-order valence-electron chi connectivity index (χ4n) is 5.54. The van der Waals surface area contributed by atoms with E-state index >= 15 is 0 Å². The fraction of sp³-hybridized carbons (Fsp3) is 0.387. The van der Waals surface area contributed by atoms with Crippen LogP contribution < -0.4 is 4.74 Å². The van der Waals surface area contributed by atoms with E-state index in [1.54, 1.807) is 7.11 Å². The summed E-state index contributed by atoms with van der Waals surface area (Å²) >= 11 is 0. The molecule has 0 radical (unpaired) electrons. The maximum Gasteiger partial charge on any atom is 0.339 e. The SMILES string of the molecule is COc1cccc(C2(OC(=O)c3ccccc3)CCC(N(C)Cc3ccccc3)CC2CN(C)C)c1. The van der Waals surface area contributed by atoms with Gasteiger partial charge in [0.05, 0.1) is 12.7 Å². The first-order chi connectivity index (χ1) is 17.4. The first-order valence-electron chi connectivity index (χ1n) is 12.7. The molecule has 0 saturated heterocycles. The summed E-state index contributed by atoms with van der Waals surface area (Å²) in [6.07, 6.45) is 2.62. The highest BCUT2D eigenvalue weighted by Crippen LogP contribution is 2.47. The molecule has 0 amide bonds. The molecule has 0 N–H and O–H groups in total. The minimum atomic E-state index is -0.740. The van der Waals surface area contributed by atoms with Gasteiger partial charge in [0, 0.05) is 25.0 Å². The molecule has 1 aliphatic carbocycles. The monoisotopic (exact) mass is 486 g/mol. The Morgan fingerprint density at radius 1 is 0.944 bits per heavy atom. The maximum atomic E-state index is 13.5. The molecule has 0 aliphatic heterocycles. The molecule has 36 heavy (non-hydrogen) atoms. The number of rotatable bonds is 9. The van der Waals surface area contributed by atoms with Crippen LogP contribution in [0.2, 0.25) is 0 Å². The van der Waals surface area contributed by atoms with Crippen molar-refractivity contribution in [2.24, 2.45) is 5.92 Å². The Morgan fingerprint density at radius 2 is 1.64 bits per heavy atom. The number of ether oxygens (including phenoxy) is 2. The quantitative estimate of drug-likeness (QED) is 0.368. The molecule has 3 aromatic carbocycles. The van der Waals surface area contributed by atoms with Crippen LogP contribution in [0.4, 0.5) is 0 Å². The number of methoxy groups -OCH3 is 1. The molecule has 5 heteroatoms. The van der Waals surface area contributed by atoms with Gasteiger partial charge in [-0.2, -0.15) is 0 Å². The first-order valence-corrected chi connectivity index (χ1v) is 12.7. The van der Waals surface area contributed by atoms with Crippen molar-refractivity contribution in [2.45, 2.75) is 37.5 Å². The molecular formula is C31H38N2O3. The lowest BCUT2D eigenvalue weighted by atomic mass is 9.69. The van der Waals surface area contributed by atoms with Gasteiger partial charge in [0.15, 0.2) is 0 Å². The average molecular weight is 487 g/mol. The van der Waals surface area contributed by atoms with E-state index in [4.69, 9.17) is 9.47 Å². The van der Waals surface area contributed by atoms with Crippen LogP contribution in [-0.2, 0) is 16.9 Å². The summed E-state index contributed by atoms with van der Waals surface area (Å²) in [5, 5.41) is 0. The van der Waals surface area contributed by atoms with Crippen LogP contribution in [0.1, 0.15) is 40.7 Å². The minimum absolute atomic E-state index is 0.115. The molecule has 0 spiro atoms. The van der Waals surface area contributed by atoms with Gasteiger partial charge in [0.2, 0.25) is 0 Å². The van der Waals surface area contributed by atoms with Crippen LogP contribution in [0, 0.1) is 5.92 Å². The fourth-order valence-corrected chi connectivity index (χ4v) is 5.54. The van der Waals surface area contributed by atoms with Crippen LogP contribution in [-0.4, -0.2) is 56.6 Å². The Labute approximate surface area is 215 Å². The summed E-state index contributed by atoms with van der Waals surface area (Å²) in [4.78, 5) is 18.1. The molecule has 3 unspecified atom stereocenters. The second-order valence-electron chi connectivity index (χ2n) is 10.2. The van der Waals surface area contributed by atoms with E-state index in [2.05, 4.69) is 67.3 Å². The van der Waals surface area contributed by atoms with Gasteiger partial charge in [-0.15, -0.1) is 0 Å². The largest absolute Gasteiger partial charge is 0.497 e. The third kappa shape index (κ3) is 5.97. The van der Waals surface area contributed by atoms with Gasteiger partial charge in [-0.05, 0) is 75.8 Å². The third-order valence-corrected chi connectivity index (χ3v) is 7.39. The normalized spacial score (nSPS) is 21.9. The molecule has 1 saturated carbocycles. The third-order valence-electron chi connectivity index (χ3n) is 7.39. The number of hydrogen-bond acceptors (Lipinski definition) is 5. The molecule has 0 aromatic heterocycles. The van der Waals surface area contributed by atoms with E-state index in [9.17, 15) is 4.79 Å². The van der Waals surface area contributed by atoms with Crippen molar-refractivity contribution in [1.82, 2.24) is 9.80 Å². The molecule has 5 nitrogen and oxygen atoms in total. The topological polar surface area (TPSA) is 42.0 Å². The van der Waals surface area contributed by atoms with Crippen molar-refractivity contribution >= 4 is 5.97 Å². The minimum Gasteiger partial charge on any atom is -0.497 e. The smallest absolute Gasteiger partial charge is 0.339 e. The van der Waals surface area contributed by atoms with Crippen molar-refractivity contribution in [3.63, 3.8) is 0 Å². The lowest BCUT2D eigenvalue weighted by Crippen LogP contribution is -2.51. The van der Waals surface area contributed by atoms with E-state index in [1.165, 1.54) is 5.56 Å². The van der Waals surface area contributed by atoms with Gasteiger partial charge in [-0.3, -0.25) is 4.90 Å². The number of carbonyl (C=O) groups is 1. The van der Waals surface area contributed by atoms with Crippen LogP contribution in [0.15, 0.2) is 84.9 Å². The van der Waals surface area contributed by atoms with Crippen molar-refractivity contribution < 1.29 is 14.3 Å². The zero-order valence-electron chi connectivity index (χ0n) is 21.9. The van der Waals surface area contributed by atoms with Crippen molar-refractivity contribution in [3.05, 3.63) is 102 Å². The van der Waals surface area contributed by atoms with E-state index in [0.29, 0.717) is 11.6 Å². The molecule has 1 aliphatic rings. The van der Waals surface area contributed by atoms with Crippen molar-refractivity contribution in [2.75, 3.05) is 34.8 Å². The molecule has 0 bridgehead atoms. The molecular weight excluding hydrogens is 448 g/mol. The van der Waals surface area contributed by atoms with Crippen LogP contribution in [0.3, 0.4) is 0 Å². The molecule has 3 atom stereocenters. The van der Waals surface area contributed by atoms with Gasteiger partial charge in [-0.1, -0.05) is 60.7 Å². The number of benzene rings is 3. The second-order valence-corrected chi connectivity index (χ2v) is 10.2. The van der Waals surface area contributed by atoms with Crippen LogP contribution >= 0.6 is 0 Å². The highest BCUT2D eigenvalue weighted by Gasteiger charge is 2.49. The van der Waals surface area contributed by atoms with Gasteiger partial charge in [-0.25, -0.2) is 4.79 Å². The Bertz CT molecular complexity index is 1120. The highest BCUT2D eigenvalue weighted by atomic mass is 16.6. The predicted octanol–water partition coefficient (Wildman–Crippen LogP) is 5.61. The Balaban J connectivity index is 1.68. The van der Waals surface area contributed by atoms with Crippen LogP contribution in [0.5, 0.6) is 5.75 Å². The standard InChI is InChI=1S/C31H38N2O3/c1-32(2)23-27-20-28(33(3)22-24-12-7-5-8-13-24)18-19-31(27,26-16-11-17-29(21-26)35-4)36-30(34)25-14-9-6-10-15-25/h5-17,21,27-28H,18-20,22-23H2,1-4H3. The zero-order valence-corrected chi connectivity index (χ0v) is 21.9.